The highest BCUT2D eigenvalue weighted by atomic mass is 16.3. The van der Waals surface area contributed by atoms with Crippen molar-refractivity contribution in [2.45, 2.75) is 26.4 Å². The summed E-state index contributed by atoms with van der Waals surface area (Å²) < 4.78 is 0. The molecular formula is C16H23NO2. The molecule has 0 heterocycles. The van der Waals surface area contributed by atoms with E-state index < -0.39 is 6.10 Å². The van der Waals surface area contributed by atoms with E-state index in [-0.39, 0.29) is 11.7 Å². The Bertz CT molecular complexity index is 435. The molecule has 0 aliphatic carbocycles. The van der Waals surface area contributed by atoms with Gasteiger partial charge in [0.15, 0.2) is 0 Å². The number of anilines is 1. The quantitative estimate of drug-likeness (QED) is 0.856. The molecule has 0 saturated heterocycles. The second kappa shape index (κ2) is 7.10. The van der Waals surface area contributed by atoms with Crippen LogP contribution in [0.25, 0.3) is 6.08 Å². The lowest BCUT2D eigenvalue weighted by Gasteiger charge is -2.13. The molecular weight excluding hydrogens is 238 g/mol. The summed E-state index contributed by atoms with van der Waals surface area (Å²) in [5, 5.41) is 9.91. The Labute approximate surface area is 115 Å². The first kappa shape index (κ1) is 15.4. The average Bonchev–Trinajstić information content (AvgIpc) is 2.43. The number of nitrogens with zero attached hydrogens (tertiary/aromatic N) is 1. The lowest BCUT2D eigenvalue weighted by atomic mass is 9.97. The van der Waals surface area contributed by atoms with Crippen molar-refractivity contribution in [3.63, 3.8) is 0 Å². The third-order valence-corrected chi connectivity index (χ3v) is 3.26. The maximum atomic E-state index is 11.5. The van der Waals surface area contributed by atoms with Gasteiger partial charge in [0.25, 0.3) is 0 Å². The fourth-order valence-electron chi connectivity index (χ4n) is 1.77. The third-order valence-electron chi connectivity index (χ3n) is 3.26. The van der Waals surface area contributed by atoms with Crippen molar-refractivity contribution < 1.29 is 9.90 Å². The molecule has 19 heavy (non-hydrogen) atoms. The van der Waals surface area contributed by atoms with Gasteiger partial charge < -0.3 is 10.0 Å². The molecule has 3 nitrogen and oxygen atoms in total. The summed E-state index contributed by atoms with van der Waals surface area (Å²) in [6.45, 7) is 3.57. The minimum absolute atomic E-state index is 0.0834. The van der Waals surface area contributed by atoms with Crippen LogP contribution in [0.4, 0.5) is 5.69 Å². The van der Waals surface area contributed by atoms with Gasteiger partial charge in [0.05, 0.1) is 6.10 Å². The number of hydrogen-bond donors (Lipinski definition) is 1. The third kappa shape index (κ3) is 4.52. The van der Waals surface area contributed by atoms with Crippen LogP contribution in [0.1, 0.15) is 25.8 Å². The number of carbonyl (C=O) groups is 1. The van der Waals surface area contributed by atoms with Gasteiger partial charge in [-0.2, -0.15) is 0 Å². The minimum atomic E-state index is -0.721. The molecule has 1 aromatic rings. The lowest BCUT2D eigenvalue weighted by molar-refractivity contribution is -0.124. The number of rotatable bonds is 6. The Balaban J connectivity index is 2.68. The Morgan fingerprint density at radius 3 is 2.37 bits per heavy atom. The molecule has 0 fully saturated rings. The van der Waals surface area contributed by atoms with Crippen molar-refractivity contribution in [1.82, 2.24) is 0 Å². The predicted octanol–water partition coefficient (Wildman–Crippen LogP) is 2.74. The van der Waals surface area contributed by atoms with Crippen LogP contribution in [0, 0.1) is 5.92 Å². The average molecular weight is 261 g/mol. The smallest absolute Gasteiger partial charge is 0.138 e. The second-order valence-electron chi connectivity index (χ2n) is 4.94. The van der Waals surface area contributed by atoms with Gasteiger partial charge in [-0.3, -0.25) is 4.79 Å². The first-order valence-corrected chi connectivity index (χ1v) is 6.62. The van der Waals surface area contributed by atoms with Gasteiger partial charge in [-0.15, -0.1) is 0 Å². The van der Waals surface area contributed by atoms with Crippen LogP contribution >= 0.6 is 0 Å². The Kier molecular flexibility index (Phi) is 5.77. The maximum absolute atomic E-state index is 11.5. The van der Waals surface area contributed by atoms with Crippen LogP contribution in [-0.4, -0.2) is 31.1 Å². The van der Waals surface area contributed by atoms with Crippen LogP contribution in [0.15, 0.2) is 30.3 Å². The highest BCUT2D eigenvalue weighted by Gasteiger charge is 2.17. The van der Waals surface area contributed by atoms with E-state index in [1.165, 1.54) is 0 Å². The van der Waals surface area contributed by atoms with Gasteiger partial charge in [-0.05, 0) is 17.7 Å². The molecule has 0 aliphatic heterocycles. The molecule has 0 spiro atoms. The molecule has 104 valence electrons. The monoisotopic (exact) mass is 261 g/mol. The SMILES string of the molecule is CCC(=O)[C@@H](C)[C@@H](O)/C=C/c1ccc(N(C)C)cc1. The maximum Gasteiger partial charge on any atom is 0.138 e. The summed E-state index contributed by atoms with van der Waals surface area (Å²) in [4.78, 5) is 13.5. The number of aliphatic hydroxyl groups excluding tert-OH is 1. The number of benzene rings is 1. The second-order valence-corrected chi connectivity index (χ2v) is 4.94. The van der Waals surface area contributed by atoms with E-state index in [4.69, 9.17) is 0 Å². The summed E-state index contributed by atoms with van der Waals surface area (Å²) in [6, 6.07) is 8.02. The van der Waals surface area contributed by atoms with Gasteiger partial charge in [-0.1, -0.05) is 38.1 Å². The molecule has 0 aromatic heterocycles. The normalized spacial score (nSPS) is 14.4. The van der Waals surface area contributed by atoms with Crippen LogP contribution in [0.5, 0.6) is 0 Å². The first-order chi connectivity index (χ1) is 8.95. The van der Waals surface area contributed by atoms with Crippen molar-refractivity contribution in [2.75, 3.05) is 19.0 Å². The summed E-state index contributed by atoms with van der Waals surface area (Å²) in [7, 11) is 3.99. The standard InChI is InChI=1S/C16H23NO2/c1-5-15(18)12(2)16(19)11-8-13-6-9-14(10-7-13)17(3)4/h6-12,16,19H,5H2,1-4H3/b11-8+/t12-,16+/m1/s1. The molecule has 0 saturated carbocycles. The van der Waals surface area contributed by atoms with E-state index in [1.807, 2.05) is 56.3 Å². The van der Waals surface area contributed by atoms with Crippen molar-refractivity contribution in [3.8, 4) is 0 Å². The molecule has 0 bridgehead atoms. The van der Waals surface area contributed by atoms with Gasteiger partial charge in [0.1, 0.15) is 5.78 Å². The van der Waals surface area contributed by atoms with Gasteiger partial charge >= 0.3 is 0 Å². The van der Waals surface area contributed by atoms with Crippen molar-refractivity contribution >= 4 is 17.5 Å². The summed E-state index contributed by atoms with van der Waals surface area (Å²) in [6.07, 6.45) is 3.27. The largest absolute Gasteiger partial charge is 0.388 e. The molecule has 1 rings (SSSR count). The van der Waals surface area contributed by atoms with E-state index in [9.17, 15) is 9.90 Å². The van der Waals surface area contributed by atoms with Gasteiger partial charge in [-0.25, -0.2) is 0 Å². The first-order valence-electron chi connectivity index (χ1n) is 6.62. The molecule has 0 unspecified atom stereocenters. The van der Waals surface area contributed by atoms with E-state index in [1.54, 1.807) is 13.0 Å². The number of hydrogen-bond acceptors (Lipinski definition) is 3. The summed E-state index contributed by atoms with van der Waals surface area (Å²) in [5.74, 6) is -0.262. The molecule has 3 heteroatoms. The summed E-state index contributed by atoms with van der Waals surface area (Å²) in [5.41, 5.74) is 2.15. The minimum Gasteiger partial charge on any atom is -0.388 e. The van der Waals surface area contributed by atoms with E-state index in [0.29, 0.717) is 6.42 Å². The molecule has 1 N–H and O–H groups in total. The van der Waals surface area contributed by atoms with E-state index in [2.05, 4.69) is 0 Å². The Morgan fingerprint density at radius 2 is 1.89 bits per heavy atom. The number of ketones is 1. The number of Topliss-reactive ketones (excluding diaryl/α,β-unsaturated/α-hetero) is 1. The van der Waals surface area contributed by atoms with E-state index in [0.717, 1.165) is 11.3 Å². The lowest BCUT2D eigenvalue weighted by Crippen LogP contribution is -2.23. The predicted molar refractivity (Wildman–Crippen MR) is 80.3 cm³/mol. The zero-order valence-electron chi connectivity index (χ0n) is 12.1. The highest BCUT2D eigenvalue weighted by Crippen LogP contribution is 2.15. The van der Waals surface area contributed by atoms with Crippen LogP contribution < -0.4 is 4.90 Å². The number of aliphatic hydroxyl groups is 1. The van der Waals surface area contributed by atoms with Crippen LogP contribution in [-0.2, 0) is 4.79 Å². The van der Waals surface area contributed by atoms with Crippen LogP contribution in [0.3, 0.4) is 0 Å². The zero-order chi connectivity index (χ0) is 14.4. The van der Waals surface area contributed by atoms with Crippen molar-refractivity contribution in [1.29, 1.82) is 0 Å². The van der Waals surface area contributed by atoms with Gasteiger partial charge in [0, 0.05) is 32.1 Å². The van der Waals surface area contributed by atoms with Gasteiger partial charge in [0.2, 0.25) is 0 Å². The molecule has 0 aliphatic rings. The van der Waals surface area contributed by atoms with E-state index >= 15 is 0 Å². The van der Waals surface area contributed by atoms with Crippen molar-refractivity contribution in [2.24, 2.45) is 5.92 Å². The molecule has 1 aromatic carbocycles. The highest BCUT2D eigenvalue weighted by molar-refractivity contribution is 5.81. The zero-order valence-corrected chi connectivity index (χ0v) is 12.1. The summed E-state index contributed by atoms with van der Waals surface area (Å²) >= 11 is 0. The molecule has 0 radical (unpaired) electrons. The number of carbonyl (C=O) groups excluding carboxylic acids is 1. The molecule has 0 amide bonds. The topological polar surface area (TPSA) is 40.5 Å². The fraction of sp³-hybridized carbons (Fsp3) is 0.438. The Morgan fingerprint density at radius 1 is 1.32 bits per heavy atom. The van der Waals surface area contributed by atoms with Crippen molar-refractivity contribution in [3.05, 3.63) is 35.9 Å². The fourth-order valence-corrected chi connectivity index (χ4v) is 1.77. The molecule has 2 atom stereocenters. The van der Waals surface area contributed by atoms with Crippen LogP contribution in [0.2, 0.25) is 0 Å². The Hall–Kier alpha value is -1.61.